The Labute approximate surface area is 177 Å². The molecule has 1 aliphatic carbocycles. The fraction of sp³-hybridized carbons (Fsp3) is 0.591. The number of hydrogen-bond acceptors (Lipinski definition) is 5. The summed E-state index contributed by atoms with van der Waals surface area (Å²) in [6, 6.07) is 7.66. The number of esters is 1. The molecule has 29 heavy (non-hydrogen) atoms. The summed E-state index contributed by atoms with van der Waals surface area (Å²) < 4.78 is 5.31. The van der Waals surface area contributed by atoms with Crippen molar-refractivity contribution in [2.75, 3.05) is 11.1 Å². The molecular weight excluding hydrogens is 388 g/mol. The van der Waals surface area contributed by atoms with Crippen molar-refractivity contribution >= 4 is 35.2 Å². The summed E-state index contributed by atoms with van der Waals surface area (Å²) in [4.78, 5) is 36.7. The third kappa shape index (κ3) is 7.72. The first-order valence-electron chi connectivity index (χ1n) is 10.2. The number of ether oxygens (including phenoxy) is 1. The monoisotopic (exact) mass is 420 g/mol. The van der Waals surface area contributed by atoms with E-state index in [9.17, 15) is 14.4 Å². The summed E-state index contributed by atoms with van der Waals surface area (Å²) in [6.45, 7) is 7.38. The van der Waals surface area contributed by atoms with E-state index < -0.39 is 17.3 Å². The van der Waals surface area contributed by atoms with E-state index in [0.717, 1.165) is 30.5 Å². The van der Waals surface area contributed by atoms with Gasteiger partial charge in [-0.1, -0.05) is 37.5 Å². The lowest BCUT2D eigenvalue weighted by atomic mass is 9.86. The van der Waals surface area contributed by atoms with Crippen LogP contribution in [0.15, 0.2) is 24.3 Å². The molecule has 1 aliphatic rings. The summed E-state index contributed by atoms with van der Waals surface area (Å²) in [7, 11) is 0. The summed E-state index contributed by atoms with van der Waals surface area (Å²) in [5.41, 5.74) is 1.84. The predicted molar refractivity (Wildman–Crippen MR) is 117 cm³/mol. The number of carbonyl (C=O) groups is 3. The molecule has 0 radical (unpaired) electrons. The average molecular weight is 421 g/mol. The zero-order chi connectivity index (χ0) is 21.4. The highest BCUT2D eigenvalue weighted by atomic mass is 32.2. The van der Waals surface area contributed by atoms with E-state index in [1.165, 1.54) is 18.2 Å². The van der Waals surface area contributed by atoms with Gasteiger partial charge in [0.1, 0.15) is 5.25 Å². The number of amides is 2. The molecule has 1 fully saturated rings. The van der Waals surface area contributed by atoms with Gasteiger partial charge < -0.3 is 15.4 Å². The van der Waals surface area contributed by atoms with Gasteiger partial charge >= 0.3 is 5.97 Å². The Morgan fingerprint density at radius 2 is 1.79 bits per heavy atom. The van der Waals surface area contributed by atoms with E-state index in [0.29, 0.717) is 5.92 Å². The molecule has 2 N–H and O–H groups in total. The lowest BCUT2D eigenvalue weighted by Crippen LogP contribution is -2.46. The molecule has 0 heterocycles. The third-order valence-corrected chi connectivity index (χ3v) is 6.35. The van der Waals surface area contributed by atoms with E-state index in [-0.39, 0.29) is 23.6 Å². The molecule has 1 aromatic rings. The number of carbonyl (C=O) groups excluding carboxylic acids is 3. The van der Waals surface area contributed by atoms with Gasteiger partial charge in [-0.25, -0.2) is 0 Å². The van der Waals surface area contributed by atoms with Gasteiger partial charge in [-0.2, -0.15) is 0 Å². The summed E-state index contributed by atoms with van der Waals surface area (Å²) in [5, 5.41) is 5.26. The van der Waals surface area contributed by atoms with Crippen LogP contribution in [0.25, 0.3) is 0 Å². The quantitative estimate of drug-likeness (QED) is 0.627. The Bertz CT molecular complexity index is 707. The minimum absolute atomic E-state index is 0.129. The first-order chi connectivity index (χ1) is 13.8. The second kappa shape index (κ2) is 11.2. The summed E-state index contributed by atoms with van der Waals surface area (Å²) in [6.07, 6.45) is 3.54. The number of rotatable bonds is 8. The lowest BCUT2D eigenvalue weighted by molar-refractivity contribution is -0.154. The van der Waals surface area contributed by atoms with Crippen molar-refractivity contribution in [3.63, 3.8) is 0 Å². The van der Waals surface area contributed by atoms with Crippen molar-refractivity contribution in [3.05, 3.63) is 29.8 Å². The van der Waals surface area contributed by atoms with Crippen LogP contribution in [0.1, 0.15) is 52.0 Å². The average Bonchev–Trinajstić information content (AvgIpc) is 2.69. The Hall–Kier alpha value is -2.02. The minimum atomic E-state index is -0.846. The Balaban J connectivity index is 1.72. The van der Waals surface area contributed by atoms with E-state index in [2.05, 4.69) is 17.6 Å². The summed E-state index contributed by atoms with van der Waals surface area (Å²) >= 11 is 1.19. The molecule has 2 rings (SSSR count). The largest absolute Gasteiger partial charge is 0.452 e. The van der Waals surface area contributed by atoms with Crippen LogP contribution >= 0.6 is 11.8 Å². The molecule has 0 aliphatic heterocycles. The zero-order valence-electron chi connectivity index (χ0n) is 17.7. The van der Waals surface area contributed by atoms with Gasteiger partial charge in [-0.15, -0.1) is 11.8 Å². The maximum atomic E-state index is 12.3. The molecule has 6 nitrogen and oxygen atoms in total. The molecule has 160 valence electrons. The second-order valence-corrected chi connectivity index (χ2v) is 9.15. The highest BCUT2D eigenvalue weighted by Gasteiger charge is 2.27. The molecular formula is C22H32N2O4S. The molecule has 2 amide bonds. The van der Waals surface area contributed by atoms with Gasteiger partial charge in [0, 0.05) is 11.7 Å². The fourth-order valence-electron chi connectivity index (χ4n) is 3.26. The number of aryl methyl sites for hydroxylation is 1. The number of hydrogen-bond donors (Lipinski definition) is 2. The van der Waals surface area contributed by atoms with Crippen molar-refractivity contribution in [1.82, 2.24) is 5.32 Å². The van der Waals surface area contributed by atoms with E-state index >= 15 is 0 Å². The van der Waals surface area contributed by atoms with Crippen LogP contribution in [0.3, 0.4) is 0 Å². The molecule has 0 aromatic heterocycles. The van der Waals surface area contributed by atoms with Crippen LogP contribution in [-0.2, 0) is 19.1 Å². The first kappa shape index (κ1) is 23.3. The lowest BCUT2D eigenvalue weighted by Gasteiger charge is -2.30. The van der Waals surface area contributed by atoms with Crippen molar-refractivity contribution < 1.29 is 19.1 Å². The van der Waals surface area contributed by atoms with Crippen LogP contribution < -0.4 is 10.6 Å². The van der Waals surface area contributed by atoms with Crippen LogP contribution in [0, 0.1) is 12.8 Å². The molecule has 0 saturated heterocycles. The molecule has 1 aromatic carbocycles. The van der Waals surface area contributed by atoms with Gasteiger partial charge in [-0.05, 0) is 51.7 Å². The molecule has 4 unspecified atom stereocenters. The number of thioether (sulfide) groups is 1. The minimum Gasteiger partial charge on any atom is -0.452 e. The van der Waals surface area contributed by atoms with E-state index in [1.54, 1.807) is 13.8 Å². The van der Waals surface area contributed by atoms with Crippen LogP contribution in [0.4, 0.5) is 5.69 Å². The van der Waals surface area contributed by atoms with Crippen LogP contribution in [-0.4, -0.2) is 40.9 Å². The van der Waals surface area contributed by atoms with Gasteiger partial charge in [0.25, 0.3) is 5.91 Å². The van der Waals surface area contributed by atoms with Gasteiger partial charge in [0.05, 0.1) is 5.75 Å². The predicted octanol–water partition coefficient (Wildman–Crippen LogP) is 3.68. The smallest absolute Gasteiger partial charge is 0.319 e. The van der Waals surface area contributed by atoms with Crippen LogP contribution in [0.5, 0.6) is 0 Å². The molecule has 4 atom stereocenters. The number of benzene rings is 1. The van der Waals surface area contributed by atoms with E-state index in [1.807, 2.05) is 31.2 Å². The van der Waals surface area contributed by atoms with Crippen LogP contribution in [0.2, 0.25) is 0 Å². The normalized spacial score (nSPS) is 21.0. The van der Waals surface area contributed by atoms with Crippen molar-refractivity contribution in [3.8, 4) is 0 Å². The second-order valence-electron chi connectivity index (χ2n) is 7.82. The maximum Gasteiger partial charge on any atom is 0.319 e. The van der Waals surface area contributed by atoms with Gasteiger partial charge in [0.2, 0.25) is 5.91 Å². The Morgan fingerprint density at radius 3 is 2.45 bits per heavy atom. The molecule has 0 bridgehead atoms. The Morgan fingerprint density at radius 1 is 1.14 bits per heavy atom. The van der Waals surface area contributed by atoms with Gasteiger partial charge in [0.15, 0.2) is 6.10 Å². The first-order valence-corrected chi connectivity index (χ1v) is 11.3. The van der Waals surface area contributed by atoms with E-state index in [4.69, 9.17) is 4.74 Å². The Kier molecular flexibility index (Phi) is 9.01. The van der Waals surface area contributed by atoms with Crippen molar-refractivity contribution in [2.24, 2.45) is 5.92 Å². The topological polar surface area (TPSA) is 84.5 Å². The number of nitrogens with one attached hydrogen (secondary N) is 2. The van der Waals surface area contributed by atoms with Gasteiger partial charge in [-0.3, -0.25) is 14.4 Å². The zero-order valence-corrected chi connectivity index (χ0v) is 18.5. The molecule has 7 heteroatoms. The van der Waals surface area contributed by atoms with Crippen molar-refractivity contribution in [1.29, 1.82) is 0 Å². The standard InChI is InChI=1S/C22H32N2O4S/c1-14-9-11-18(12-10-14)23-20(25)13-29-17(4)22(27)28-16(3)21(26)24-19-8-6-5-7-15(19)2/h9-12,15-17,19H,5-8,13H2,1-4H3,(H,23,25)(H,24,26). The highest BCUT2D eigenvalue weighted by molar-refractivity contribution is 8.01. The summed E-state index contributed by atoms with van der Waals surface area (Å²) in [5.74, 6) is -0.360. The molecule has 1 saturated carbocycles. The highest BCUT2D eigenvalue weighted by Crippen LogP contribution is 2.24. The van der Waals surface area contributed by atoms with Crippen molar-refractivity contribution in [2.45, 2.75) is 70.8 Å². The fourth-order valence-corrected chi connectivity index (χ4v) is 3.92. The number of anilines is 1. The third-order valence-electron chi connectivity index (χ3n) is 5.23. The molecule has 0 spiro atoms. The SMILES string of the molecule is Cc1ccc(NC(=O)CSC(C)C(=O)OC(C)C(=O)NC2CCCCC2C)cc1. The maximum absolute atomic E-state index is 12.3.